The van der Waals surface area contributed by atoms with Crippen molar-refractivity contribution in [2.45, 2.75) is 13.3 Å². The number of azide groups is 1. The minimum atomic E-state index is -1.26. The van der Waals surface area contributed by atoms with Crippen molar-refractivity contribution in [1.82, 2.24) is 0 Å². The molecule has 11 heavy (non-hydrogen) atoms. The Balaban J connectivity index is 4.38. The summed E-state index contributed by atoms with van der Waals surface area (Å²) in [6, 6.07) is 0. The molecular weight excluding hydrogens is 150 g/mol. The van der Waals surface area contributed by atoms with Gasteiger partial charge in [-0.3, -0.25) is 9.59 Å². The maximum absolute atomic E-state index is 10.6. The molecule has 0 rings (SSSR count). The van der Waals surface area contributed by atoms with Crippen LogP contribution in [0.15, 0.2) is 5.11 Å². The second-order valence-electron chi connectivity index (χ2n) is 1.83. The van der Waals surface area contributed by atoms with Crippen LogP contribution in [-0.4, -0.2) is 17.0 Å². The lowest BCUT2D eigenvalue weighted by Crippen LogP contribution is -2.20. The molecule has 0 aliphatic carbocycles. The number of hydrogen-bond acceptors (Lipinski definition) is 2. The Hall–Kier alpha value is -1.55. The number of rotatable bonds is 3. The first kappa shape index (κ1) is 9.45. The summed E-state index contributed by atoms with van der Waals surface area (Å²) in [6.45, 7) is 1.53. The molecule has 6 nitrogen and oxygen atoms in total. The van der Waals surface area contributed by atoms with E-state index in [2.05, 4.69) is 10.0 Å². The maximum atomic E-state index is 10.6. The summed E-state index contributed by atoms with van der Waals surface area (Å²) in [5.41, 5.74) is 7.81. The molecule has 1 atom stereocenters. The summed E-state index contributed by atoms with van der Waals surface area (Å²) in [7, 11) is 0. The van der Waals surface area contributed by atoms with Gasteiger partial charge in [-0.1, -0.05) is 6.92 Å². The van der Waals surface area contributed by atoms with Gasteiger partial charge in [-0.25, -0.2) is 0 Å². The lowest BCUT2D eigenvalue weighted by atomic mass is 10.1. The molecule has 1 N–H and O–H groups in total. The molecule has 0 aliphatic rings. The van der Waals surface area contributed by atoms with Crippen molar-refractivity contribution in [3.05, 3.63) is 10.4 Å². The largest absolute Gasteiger partial charge is 0.481 e. The normalized spacial score (nSPS) is 11.4. The monoisotopic (exact) mass is 157 g/mol. The molecule has 0 aliphatic heterocycles. The molecule has 0 bridgehead atoms. The highest BCUT2D eigenvalue weighted by Crippen LogP contribution is 2.04. The first-order valence-corrected chi connectivity index (χ1v) is 2.95. The van der Waals surface area contributed by atoms with Crippen LogP contribution in [0.4, 0.5) is 0 Å². The average molecular weight is 157 g/mol. The summed E-state index contributed by atoms with van der Waals surface area (Å²) in [4.78, 5) is 23.1. The number of hydrogen-bond donors (Lipinski definition) is 1. The van der Waals surface area contributed by atoms with Gasteiger partial charge in [-0.05, 0) is 17.1 Å². The van der Waals surface area contributed by atoms with Crippen molar-refractivity contribution < 1.29 is 14.7 Å². The number of nitrogens with zero attached hydrogens (tertiary/aromatic N) is 3. The summed E-state index contributed by atoms with van der Waals surface area (Å²) < 4.78 is 0. The lowest BCUT2D eigenvalue weighted by Gasteiger charge is -2.01. The fourth-order valence-corrected chi connectivity index (χ4v) is 0.569. The Bertz CT molecular complexity index is 219. The first-order chi connectivity index (χ1) is 5.13. The Morgan fingerprint density at radius 1 is 1.73 bits per heavy atom. The third-order valence-corrected chi connectivity index (χ3v) is 1.15. The third kappa shape index (κ3) is 2.68. The number of carbonyl (C=O) groups excluding carboxylic acids is 1. The average Bonchev–Trinajstić information content (AvgIpc) is 1.88. The van der Waals surface area contributed by atoms with E-state index in [-0.39, 0.29) is 6.42 Å². The maximum Gasteiger partial charge on any atom is 0.314 e. The van der Waals surface area contributed by atoms with Crippen LogP contribution in [0.5, 0.6) is 0 Å². The molecule has 0 aromatic heterocycles. The van der Waals surface area contributed by atoms with Crippen molar-refractivity contribution in [2.24, 2.45) is 11.0 Å². The quantitative estimate of drug-likeness (QED) is 0.285. The van der Waals surface area contributed by atoms with E-state index in [0.29, 0.717) is 0 Å². The van der Waals surface area contributed by atoms with Crippen LogP contribution < -0.4 is 0 Å². The minimum Gasteiger partial charge on any atom is -0.481 e. The summed E-state index contributed by atoms with van der Waals surface area (Å²) in [5.74, 6) is -3.40. The van der Waals surface area contributed by atoms with Crippen LogP contribution in [0.2, 0.25) is 0 Å². The molecule has 0 saturated carbocycles. The van der Waals surface area contributed by atoms with Crippen molar-refractivity contribution in [3.63, 3.8) is 0 Å². The second-order valence-corrected chi connectivity index (χ2v) is 1.83. The molecule has 1 amide bonds. The van der Waals surface area contributed by atoms with Crippen LogP contribution in [0.25, 0.3) is 10.4 Å². The van der Waals surface area contributed by atoms with Gasteiger partial charge in [0.1, 0.15) is 5.92 Å². The van der Waals surface area contributed by atoms with Crippen molar-refractivity contribution in [1.29, 1.82) is 0 Å². The standard InChI is InChI=1S/C5H7N3O3/c1-2-3(5(10)11)4(9)7-8-6/h3H,2H2,1H3,(H,10,11). The number of aliphatic carboxylic acids is 1. The molecular formula is C5H7N3O3. The van der Waals surface area contributed by atoms with Crippen molar-refractivity contribution in [2.75, 3.05) is 0 Å². The van der Waals surface area contributed by atoms with Crippen LogP contribution in [0.3, 0.4) is 0 Å². The molecule has 0 heterocycles. The van der Waals surface area contributed by atoms with Gasteiger partial charge < -0.3 is 5.11 Å². The molecule has 0 aromatic carbocycles. The molecule has 6 heteroatoms. The highest BCUT2D eigenvalue weighted by Gasteiger charge is 2.22. The van der Waals surface area contributed by atoms with Crippen LogP contribution >= 0.6 is 0 Å². The fourth-order valence-electron chi connectivity index (χ4n) is 0.569. The summed E-state index contributed by atoms with van der Waals surface area (Å²) >= 11 is 0. The summed E-state index contributed by atoms with van der Waals surface area (Å²) in [5, 5.41) is 11.0. The van der Waals surface area contributed by atoms with Crippen LogP contribution in [0.1, 0.15) is 13.3 Å². The van der Waals surface area contributed by atoms with Gasteiger partial charge in [-0.2, -0.15) is 0 Å². The third-order valence-electron chi connectivity index (χ3n) is 1.15. The number of amides is 1. The van der Waals surface area contributed by atoms with Gasteiger partial charge >= 0.3 is 5.97 Å². The van der Waals surface area contributed by atoms with Crippen molar-refractivity contribution >= 4 is 11.9 Å². The van der Waals surface area contributed by atoms with Gasteiger partial charge in [0.25, 0.3) is 0 Å². The second kappa shape index (κ2) is 4.29. The Morgan fingerprint density at radius 2 is 2.27 bits per heavy atom. The zero-order valence-corrected chi connectivity index (χ0v) is 5.89. The van der Waals surface area contributed by atoms with Crippen molar-refractivity contribution in [3.8, 4) is 0 Å². The highest BCUT2D eigenvalue weighted by molar-refractivity contribution is 5.97. The lowest BCUT2D eigenvalue weighted by molar-refractivity contribution is -0.146. The Kier molecular flexibility index (Phi) is 3.69. The molecule has 0 aromatic rings. The number of carboxylic acids is 1. The molecule has 0 fully saturated rings. The number of carbonyl (C=O) groups is 2. The number of carboxylic acid groups (broad SMARTS) is 1. The molecule has 1 unspecified atom stereocenters. The van der Waals surface area contributed by atoms with Crippen LogP contribution in [0, 0.1) is 5.92 Å². The Morgan fingerprint density at radius 3 is 2.55 bits per heavy atom. The Labute approximate surface area is 62.5 Å². The van der Waals surface area contributed by atoms with E-state index < -0.39 is 17.8 Å². The zero-order chi connectivity index (χ0) is 8.85. The van der Waals surface area contributed by atoms with E-state index >= 15 is 0 Å². The first-order valence-electron chi connectivity index (χ1n) is 2.95. The topological polar surface area (TPSA) is 103 Å². The van der Waals surface area contributed by atoms with E-state index in [0.717, 1.165) is 0 Å². The minimum absolute atomic E-state index is 0.132. The van der Waals surface area contributed by atoms with Crippen LogP contribution in [-0.2, 0) is 9.59 Å². The van der Waals surface area contributed by atoms with Gasteiger partial charge in [0.15, 0.2) is 0 Å². The molecule has 0 spiro atoms. The van der Waals surface area contributed by atoms with Gasteiger partial charge in [-0.15, -0.1) is 0 Å². The molecule has 0 radical (unpaired) electrons. The van der Waals surface area contributed by atoms with E-state index in [4.69, 9.17) is 10.6 Å². The van der Waals surface area contributed by atoms with E-state index in [9.17, 15) is 9.59 Å². The predicted molar refractivity (Wildman–Crippen MR) is 35.6 cm³/mol. The highest BCUT2D eigenvalue weighted by atomic mass is 16.4. The van der Waals surface area contributed by atoms with Gasteiger partial charge in [0.05, 0.1) is 0 Å². The van der Waals surface area contributed by atoms with Gasteiger partial charge in [0, 0.05) is 4.91 Å². The van der Waals surface area contributed by atoms with E-state index in [1.807, 2.05) is 0 Å². The SMILES string of the molecule is CCC(C(=O)O)C(=O)N=[N+]=[N-]. The molecule has 0 saturated heterocycles. The van der Waals surface area contributed by atoms with Gasteiger partial charge in [0.2, 0.25) is 5.91 Å². The molecule has 60 valence electrons. The van der Waals surface area contributed by atoms with E-state index in [1.54, 1.807) is 0 Å². The zero-order valence-electron chi connectivity index (χ0n) is 5.89. The predicted octanol–water partition coefficient (Wildman–Crippen LogP) is 0.934. The smallest absolute Gasteiger partial charge is 0.314 e. The summed E-state index contributed by atoms with van der Waals surface area (Å²) in [6.07, 6.45) is 0.132. The fraction of sp³-hybridized carbons (Fsp3) is 0.600. The van der Waals surface area contributed by atoms with E-state index in [1.165, 1.54) is 6.92 Å².